The Bertz CT molecular complexity index is 958. The molecule has 2 aromatic carbocycles. The summed E-state index contributed by atoms with van der Waals surface area (Å²) >= 11 is 0. The highest BCUT2D eigenvalue weighted by Gasteiger charge is 2.10. The highest BCUT2D eigenvalue weighted by molar-refractivity contribution is 5.89. The Morgan fingerprint density at radius 3 is 2.65 bits per heavy atom. The molecule has 20 heavy (non-hydrogen) atoms. The molecule has 0 bridgehead atoms. The molecule has 3 aromatic rings. The summed E-state index contributed by atoms with van der Waals surface area (Å²) in [5, 5.41) is 14.4. The van der Waals surface area contributed by atoms with Gasteiger partial charge in [0.25, 0.3) is 5.56 Å². The fraction of sp³-hybridized carbons (Fsp3) is 0. The van der Waals surface area contributed by atoms with Crippen molar-refractivity contribution in [3.05, 3.63) is 69.0 Å². The molecule has 0 radical (unpaired) electrons. The number of fused-ring (bicyclic) bond motifs is 1. The van der Waals surface area contributed by atoms with Crippen LogP contribution in [-0.2, 0) is 0 Å². The maximum Gasteiger partial charge on any atom is 0.349 e. The van der Waals surface area contributed by atoms with E-state index in [1.807, 2.05) is 30.3 Å². The Morgan fingerprint density at radius 2 is 1.85 bits per heavy atom. The molecule has 96 valence electrons. The normalized spacial score (nSPS) is 10.3. The smallest absolute Gasteiger partial charge is 0.270 e. The van der Waals surface area contributed by atoms with Crippen molar-refractivity contribution in [2.45, 2.75) is 0 Å². The zero-order valence-electron chi connectivity index (χ0n) is 10.2. The Balaban J connectivity index is 2.41. The minimum Gasteiger partial charge on any atom is -0.270 e. The van der Waals surface area contributed by atoms with Crippen molar-refractivity contribution in [1.82, 2.24) is 14.8 Å². The monoisotopic (exact) mass is 264 g/mol. The van der Waals surface area contributed by atoms with E-state index in [2.05, 4.69) is 10.1 Å². The number of H-pyrrole nitrogens is 1. The molecule has 0 saturated heterocycles. The van der Waals surface area contributed by atoms with Crippen molar-refractivity contribution >= 4 is 10.8 Å². The summed E-state index contributed by atoms with van der Waals surface area (Å²) < 4.78 is 1.03. The summed E-state index contributed by atoms with van der Waals surface area (Å²) in [4.78, 5) is 25.3. The molecule has 6 nitrogen and oxygen atoms in total. The van der Waals surface area contributed by atoms with Crippen molar-refractivity contribution in [2.24, 2.45) is 0 Å². The zero-order chi connectivity index (χ0) is 14.1. The maximum atomic E-state index is 11.9. The van der Waals surface area contributed by atoms with Gasteiger partial charge in [0.1, 0.15) is 6.07 Å². The molecular weight excluding hydrogens is 256 g/mol. The predicted molar refractivity (Wildman–Crippen MR) is 72.7 cm³/mol. The van der Waals surface area contributed by atoms with Gasteiger partial charge in [-0.1, -0.05) is 36.4 Å². The number of nitrogens with one attached hydrogen (secondary N) is 1. The first-order valence-corrected chi connectivity index (χ1v) is 5.82. The first-order valence-electron chi connectivity index (χ1n) is 5.82. The summed E-state index contributed by atoms with van der Waals surface area (Å²) in [6.45, 7) is 0. The Morgan fingerprint density at radius 1 is 1.10 bits per heavy atom. The molecular formula is C14H8N4O2. The third-order valence-electron chi connectivity index (χ3n) is 2.93. The van der Waals surface area contributed by atoms with Gasteiger partial charge >= 0.3 is 5.69 Å². The van der Waals surface area contributed by atoms with Gasteiger partial charge in [0, 0.05) is 5.39 Å². The molecule has 0 amide bonds. The second kappa shape index (κ2) is 4.48. The van der Waals surface area contributed by atoms with Crippen LogP contribution in [0.5, 0.6) is 0 Å². The lowest BCUT2D eigenvalue weighted by atomic mass is 10.1. The van der Waals surface area contributed by atoms with E-state index in [1.54, 1.807) is 18.2 Å². The second-order valence-electron chi connectivity index (χ2n) is 4.13. The van der Waals surface area contributed by atoms with Crippen molar-refractivity contribution in [3.63, 3.8) is 0 Å². The number of nitriles is 1. The molecule has 1 N–H and O–H groups in total. The maximum absolute atomic E-state index is 11.9. The second-order valence-corrected chi connectivity index (χ2v) is 4.13. The first kappa shape index (κ1) is 11.9. The predicted octanol–water partition coefficient (Wildman–Crippen LogP) is 0.946. The number of rotatable bonds is 1. The van der Waals surface area contributed by atoms with E-state index >= 15 is 0 Å². The van der Waals surface area contributed by atoms with Crippen LogP contribution in [0, 0.1) is 11.3 Å². The molecule has 3 rings (SSSR count). The number of benzene rings is 2. The molecule has 0 aliphatic heterocycles. The van der Waals surface area contributed by atoms with Crippen LogP contribution in [0.3, 0.4) is 0 Å². The lowest BCUT2D eigenvalue weighted by Gasteiger charge is -2.07. The van der Waals surface area contributed by atoms with Crippen LogP contribution in [0.4, 0.5) is 0 Å². The fourth-order valence-corrected chi connectivity index (χ4v) is 2.03. The van der Waals surface area contributed by atoms with Crippen molar-refractivity contribution in [3.8, 4) is 11.8 Å². The quantitative estimate of drug-likeness (QED) is 0.708. The van der Waals surface area contributed by atoms with E-state index < -0.39 is 11.2 Å². The average Bonchev–Trinajstić information content (AvgIpc) is 2.47. The van der Waals surface area contributed by atoms with Crippen molar-refractivity contribution < 1.29 is 0 Å². The van der Waals surface area contributed by atoms with Gasteiger partial charge in [0.05, 0.1) is 5.69 Å². The number of hydrogen-bond acceptors (Lipinski definition) is 4. The summed E-state index contributed by atoms with van der Waals surface area (Å²) in [7, 11) is 0. The Kier molecular flexibility index (Phi) is 2.66. The van der Waals surface area contributed by atoms with Crippen LogP contribution in [-0.4, -0.2) is 14.8 Å². The molecule has 0 fully saturated rings. The first-order chi connectivity index (χ1) is 9.70. The third kappa shape index (κ3) is 1.78. The summed E-state index contributed by atoms with van der Waals surface area (Å²) in [6, 6.07) is 14.5. The van der Waals surface area contributed by atoms with Crippen LogP contribution in [0.25, 0.3) is 16.5 Å². The number of aromatic nitrogens is 3. The topological polar surface area (TPSA) is 91.5 Å². The Labute approximate surface area is 112 Å². The molecule has 0 spiro atoms. The molecule has 0 aliphatic rings. The van der Waals surface area contributed by atoms with Gasteiger partial charge in [-0.05, 0) is 11.5 Å². The van der Waals surface area contributed by atoms with Gasteiger partial charge in [-0.25, -0.2) is 4.79 Å². The fourth-order valence-electron chi connectivity index (χ4n) is 2.03. The lowest BCUT2D eigenvalue weighted by Crippen LogP contribution is -2.33. The van der Waals surface area contributed by atoms with Gasteiger partial charge in [0.2, 0.25) is 5.69 Å². The SMILES string of the molecule is N#Cc1nn(-c2cccc3ccccc23)c(=O)[nH]c1=O. The molecule has 0 unspecified atom stereocenters. The van der Waals surface area contributed by atoms with E-state index in [-0.39, 0.29) is 5.69 Å². The van der Waals surface area contributed by atoms with Crippen LogP contribution in [0.1, 0.15) is 5.69 Å². The van der Waals surface area contributed by atoms with Gasteiger partial charge in [-0.2, -0.15) is 9.94 Å². The van der Waals surface area contributed by atoms with Gasteiger partial charge in [-0.15, -0.1) is 5.10 Å². The van der Waals surface area contributed by atoms with E-state index in [0.29, 0.717) is 5.69 Å². The van der Waals surface area contributed by atoms with E-state index in [9.17, 15) is 9.59 Å². The van der Waals surface area contributed by atoms with Crippen molar-refractivity contribution in [2.75, 3.05) is 0 Å². The number of hydrogen-bond donors (Lipinski definition) is 1. The molecule has 6 heteroatoms. The third-order valence-corrected chi connectivity index (χ3v) is 2.93. The molecule has 0 atom stereocenters. The largest absolute Gasteiger partial charge is 0.349 e. The van der Waals surface area contributed by atoms with Crippen LogP contribution < -0.4 is 11.2 Å². The van der Waals surface area contributed by atoms with Gasteiger partial charge in [0.15, 0.2) is 0 Å². The number of aromatic amines is 1. The van der Waals surface area contributed by atoms with Gasteiger partial charge < -0.3 is 0 Å². The Hall–Kier alpha value is -3.20. The van der Waals surface area contributed by atoms with Crippen LogP contribution in [0.2, 0.25) is 0 Å². The minimum absolute atomic E-state index is 0.350. The highest BCUT2D eigenvalue weighted by Crippen LogP contribution is 2.19. The summed E-state index contributed by atoms with van der Waals surface area (Å²) in [6.07, 6.45) is 0. The minimum atomic E-state index is -0.783. The molecule has 0 aliphatic carbocycles. The van der Waals surface area contributed by atoms with Crippen LogP contribution >= 0.6 is 0 Å². The summed E-state index contributed by atoms with van der Waals surface area (Å²) in [5.41, 5.74) is -1.29. The highest BCUT2D eigenvalue weighted by atomic mass is 16.2. The van der Waals surface area contributed by atoms with E-state index in [4.69, 9.17) is 5.26 Å². The number of nitrogens with zero attached hydrogens (tertiary/aromatic N) is 3. The van der Waals surface area contributed by atoms with E-state index in [0.717, 1.165) is 15.5 Å². The van der Waals surface area contributed by atoms with E-state index in [1.165, 1.54) is 0 Å². The molecule has 1 aromatic heterocycles. The van der Waals surface area contributed by atoms with Crippen molar-refractivity contribution in [1.29, 1.82) is 5.26 Å². The lowest BCUT2D eigenvalue weighted by molar-refractivity contribution is 0.744. The summed E-state index contributed by atoms with van der Waals surface area (Å²) in [5.74, 6) is 0. The van der Waals surface area contributed by atoms with Gasteiger partial charge in [-0.3, -0.25) is 9.78 Å². The van der Waals surface area contributed by atoms with Crippen LogP contribution in [0.15, 0.2) is 52.1 Å². The molecule has 0 saturated carbocycles. The molecule has 1 heterocycles. The standard InChI is InChI=1S/C14H8N4O2/c15-8-11-13(19)16-14(20)18(17-11)12-7-3-5-9-4-1-2-6-10(9)12/h1-7H,(H,16,19,20). The zero-order valence-corrected chi connectivity index (χ0v) is 10.2. The average molecular weight is 264 g/mol.